The minimum Gasteiger partial charge on any atom is -0.373 e. The van der Waals surface area contributed by atoms with Crippen LogP contribution in [-0.4, -0.2) is 12.6 Å². The van der Waals surface area contributed by atoms with Crippen molar-refractivity contribution < 1.29 is 13.5 Å². The van der Waals surface area contributed by atoms with E-state index >= 15 is 0 Å². The standard InChI is InChI=1S/C14H19F2NO/c15-12-5-3-6-13(16)11(12)9-18-14-7-2-1-4-10(14)8-17/h3,5-6,10,14H,1-2,4,7-9,17H2. The Morgan fingerprint density at radius 2 is 1.83 bits per heavy atom. The van der Waals surface area contributed by atoms with Crippen molar-refractivity contribution in [2.24, 2.45) is 11.7 Å². The maximum Gasteiger partial charge on any atom is 0.131 e. The average Bonchev–Trinajstić information content (AvgIpc) is 2.38. The summed E-state index contributed by atoms with van der Waals surface area (Å²) in [5.74, 6) is -0.779. The van der Waals surface area contributed by atoms with Gasteiger partial charge in [-0.1, -0.05) is 18.9 Å². The highest BCUT2D eigenvalue weighted by Gasteiger charge is 2.25. The average molecular weight is 255 g/mol. The summed E-state index contributed by atoms with van der Waals surface area (Å²) in [4.78, 5) is 0. The van der Waals surface area contributed by atoms with Crippen LogP contribution in [0.25, 0.3) is 0 Å². The normalized spacial score (nSPS) is 24.2. The van der Waals surface area contributed by atoms with Gasteiger partial charge in [0.15, 0.2) is 0 Å². The van der Waals surface area contributed by atoms with Gasteiger partial charge in [-0.3, -0.25) is 0 Å². The maximum absolute atomic E-state index is 13.4. The quantitative estimate of drug-likeness (QED) is 0.897. The summed E-state index contributed by atoms with van der Waals surface area (Å²) < 4.78 is 32.6. The molecule has 2 rings (SSSR count). The Labute approximate surface area is 106 Å². The van der Waals surface area contributed by atoms with Crippen molar-refractivity contribution in [1.82, 2.24) is 0 Å². The molecule has 0 bridgehead atoms. The van der Waals surface area contributed by atoms with Gasteiger partial charge in [-0.15, -0.1) is 0 Å². The van der Waals surface area contributed by atoms with Crippen molar-refractivity contribution in [2.45, 2.75) is 38.4 Å². The number of hydrogen-bond donors (Lipinski definition) is 1. The zero-order chi connectivity index (χ0) is 13.0. The van der Waals surface area contributed by atoms with Crippen LogP contribution in [0.4, 0.5) is 8.78 Å². The van der Waals surface area contributed by atoms with E-state index in [4.69, 9.17) is 10.5 Å². The van der Waals surface area contributed by atoms with Crippen molar-refractivity contribution in [1.29, 1.82) is 0 Å². The van der Waals surface area contributed by atoms with Gasteiger partial charge >= 0.3 is 0 Å². The van der Waals surface area contributed by atoms with Crippen molar-refractivity contribution in [3.8, 4) is 0 Å². The summed E-state index contributed by atoms with van der Waals surface area (Å²) in [6.07, 6.45) is 4.26. The summed E-state index contributed by atoms with van der Waals surface area (Å²) in [5.41, 5.74) is 5.71. The fourth-order valence-corrected chi connectivity index (χ4v) is 2.52. The second-order valence-electron chi connectivity index (χ2n) is 4.83. The molecule has 1 saturated carbocycles. The summed E-state index contributed by atoms with van der Waals surface area (Å²) in [6.45, 7) is 0.560. The van der Waals surface area contributed by atoms with Crippen LogP contribution in [0.15, 0.2) is 18.2 Å². The number of benzene rings is 1. The van der Waals surface area contributed by atoms with E-state index in [1.165, 1.54) is 18.2 Å². The lowest BCUT2D eigenvalue weighted by Gasteiger charge is -2.30. The van der Waals surface area contributed by atoms with Crippen LogP contribution in [0.3, 0.4) is 0 Å². The van der Waals surface area contributed by atoms with Crippen LogP contribution in [0.1, 0.15) is 31.2 Å². The molecule has 1 aliphatic carbocycles. The maximum atomic E-state index is 13.4. The van der Waals surface area contributed by atoms with Crippen molar-refractivity contribution >= 4 is 0 Å². The molecule has 4 heteroatoms. The molecule has 18 heavy (non-hydrogen) atoms. The van der Waals surface area contributed by atoms with Gasteiger partial charge in [0, 0.05) is 5.56 Å². The van der Waals surface area contributed by atoms with Gasteiger partial charge in [-0.2, -0.15) is 0 Å². The Kier molecular flexibility index (Phi) is 4.66. The molecular weight excluding hydrogens is 236 g/mol. The van der Waals surface area contributed by atoms with E-state index in [2.05, 4.69) is 0 Å². The number of ether oxygens (including phenoxy) is 1. The number of halogens is 2. The molecule has 0 radical (unpaired) electrons. The molecule has 2 atom stereocenters. The Morgan fingerprint density at radius 3 is 2.50 bits per heavy atom. The van der Waals surface area contributed by atoms with Gasteiger partial charge in [0.1, 0.15) is 11.6 Å². The lowest BCUT2D eigenvalue weighted by Crippen LogP contribution is -2.33. The van der Waals surface area contributed by atoms with Gasteiger partial charge in [-0.05, 0) is 37.4 Å². The van der Waals surface area contributed by atoms with E-state index in [0.717, 1.165) is 25.7 Å². The van der Waals surface area contributed by atoms with E-state index in [9.17, 15) is 8.78 Å². The minimum atomic E-state index is -0.546. The summed E-state index contributed by atoms with van der Waals surface area (Å²) in [5, 5.41) is 0. The molecule has 0 heterocycles. The molecule has 100 valence electrons. The Bertz CT molecular complexity index is 377. The molecule has 2 nitrogen and oxygen atoms in total. The van der Waals surface area contributed by atoms with Gasteiger partial charge in [0.25, 0.3) is 0 Å². The molecule has 1 aromatic rings. The fourth-order valence-electron chi connectivity index (χ4n) is 2.52. The molecule has 1 fully saturated rings. The molecule has 0 aliphatic heterocycles. The topological polar surface area (TPSA) is 35.2 Å². The third-order valence-corrected chi connectivity index (χ3v) is 3.65. The van der Waals surface area contributed by atoms with Gasteiger partial charge in [0.05, 0.1) is 12.7 Å². The molecule has 0 aromatic heterocycles. The monoisotopic (exact) mass is 255 g/mol. The predicted molar refractivity (Wildman–Crippen MR) is 65.9 cm³/mol. The molecule has 0 amide bonds. The Balaban J connectivity index is 1.98. The SMILES string of the molecule is NCC1CCCCC1OCc1c(F)cccc1F. The molecule has 2 N–H and O–H groups in total. The highest BCUT2D eigenvalue weighted by Crippen LogP contribution is 2.27. The molecular formula is C14H19F2NO. The van der Waals surface area contributed by atoms with Crippen LogP contribution in [0.2, 0.25) is 0 Å². The number of hydrogen-bond acceptors (Lipinski definition) is 2. The zero-order valence-corrected chi connectivity index (χ0v) is 10.4. The van der Waals surface area contributed by atoms with Crippen LogP contribution in [0, 0.1) is 17.6 Å². The predicted octanol–water partition coefficient (Wildman–Crippen LogP) is 3.00. The molecule has 0 spiro atoms. The fraction of sp³-hybridized carbons (Fsp3) is 0.571. The first-order valence-electron chi connectivity index (χ1n) is 6.47. The van der Waals surface area contributed by atoms with E-state index in [0.29, 0.717) is 12.5 Å². The zero-order valence-electron chi connectivity index (χ0n) is 10.4. The first-order valence-corrected chi connectivity index (χ1v) is 6.47. The molecule has 1 aliphatic rings. The van der Waals surface area contributed by atoms with Crippen LogP contribution in [0.5, 0.6) is 0 Å². The minimum absolute atomic E-state index is 0.0128. The van der Waals surface area contributed by atoms with Gasteiger partial charge < -0.3 is 10.5 Å². The van der Waals surface area contributed by atoms with E-state index in [1.807, 2.05) is 0 Å². The Morgan fingerprint density at radius 1 is 1.17 bits per heavy atom. The smallest absolute Gasteiger partial charge is 0.131 e. The first-order chi connectivity index (χ1) is 8.72. The van der Waals surface area contributed by atoms with Gasteiger partial charge in [0.2, 0.25) is 0 Å². The molecule has 2 unspecified atom stereocenters. The van der Waals surface area contributed by atoms with Crippen molar-refractivity contribution in [3.05, 3.63) is 35.4 Å². The van der Waals surface area contributed by atoms with Gasteiger partial charge in [-0.25, -0.2) is 8.78 Å². The number of nitrogens with two attached hydrogens (primary N) is 1. The summed E-state index contributed by atoms with van der Waals surface area (Å²) in [7, 11) is 0. The molecule has 1 aromatic carbocycles. The lowest BCUT2D eigenvalue weighted by molar-refractivity contribution is -0.0203. The van der Waals surface area contributed by atoms with Crippen molar-refractivity contribution in [2.75, 3.05) is 6.54 Å². The largest absolute Gasteiger partial charge is 0.373 e. The van der Waals surface area contributed by atoms with E-state index in [1.54, 1.807) is 0 Å². The third-order valence-electron chi connectivity index (χ3n) is 3.65. The summed E-state index contributed by atoms with van der Waals surface area (Å²) in [6, 6.07) is 3.86. The molecule has 0 saturated heterocycles. The Hall–Kier alpha value is -1.00. The number of rotatable bonds is 4. The van der Waals surface area contributed by atoms with Crippen LogP contribution in [-0.2, 0) is 11.3 Å². The van der Waals surface area contributed by atoms with Crippen LogP contribution >= 0.6 is 0 Å². The highest BCUT2D eigenvalue weighted by molar-refractivity contribution is 5.18. The van der Waals surface area contributed by atoms with E-state index < -0.39 is 11.6 Å². The summed E-state index contributed by atoms with van der Waals surface area (Å²) >= 11 is 0. The highest BCUT2D eigenvalue weighted by atomic mass is 19.1. The van der Waals surface area contributed by atoms with Crippen molar-refractivity contribution in [3.63, 3.8) is 0 Å². The third kappa shape index (κ3) is 3.06. The second kappa shape index (κ2) is 6.25. The van der Waals surface area contributed by atoms with E-state index in [-0.39, 0.29) is 18.3 Å². The van der Waals surface area contributed by atoms with Crippen LogP contribution < -0.4 is 5.73 Å². The second-order valence-corrected chi connectivity index (χ2v) is 4.83. The first kappa shape index (κ1) is 13.4. The lowest BCUT2D eigenvalue weighted by atomic mass is 9.86.